The smallest absolute Gasteiger partial charge is 0.329 e. The molecule has 0 bridgehead atoms. The summed E-state index contributed by atoms with van der Waals surface area (Å²) in [6.45, 7) is 2.08. The summed E-state index contributed by atoms with van der Waals surface area (Å²) in [5.74, 6) is 6.27. The molecule has 2 heterocycles. The van der Waals surface area contributed by atoms with Crippen molar-refractivity contribution >= 4 is 17.1 Å². The van der Waals surface area contributed by atoms with E-state index >= 15 is 0 Å². The van der Waals surface area contributed by atoms with Gasteiger partial charge in [-0.1, -0.05) is 19.1 Å². The van der Waals surface area contributed by atoms with Gasteiger partial charge in [0, 0.05) is 7.05 Å². The van der Waals surface area contributed by atoms with Crippen LogP contribution in [0.3, 0.4) is 0 Å². The average molecular weight is 374 g/mol. The summed E-state index contributed by atoms with van der Waals surface area (Å²) in [5, 5.41) is 10.4. The molecule has 5 N–H and O–H groups in total. The maximum Gasteiger partial charge on any atom is 0.329 e. The van der Waals surface area contributed by atoms with Crippen molar-refractivity contribution in [2.45, 2.75) is 26.0 Å². The number of H-pyrrole nitrogens is 1. The van der Waals surface area contributed by atoms with Gasteiger partial charge < -0.3 is 14.4 Å². The summed E-state index contributed by atoms with van der Waals surface area (Å²) >= 11 is 0. The second-order valence-corrected chi connectivity index (χ2v) is 6.14. The fourth-order valence-electron chi connectivity index (χ4n) is 2.80. The number of aromatic nitrogens is 4. The van der Waals surface area contributed by atoms with Crippen LogP contribution in [-0.2, 0) is 20.0 Å². The van der Waals surface area contributed by atoms with Crippen LogP contribution in [0.15, 0.2) is 33.9 Å². The van der Waals surface area contributed by atoms with Crippen molar-refractivity contribution in [2.75, 3.05) is 12.0 Å². The summed E-state index contributed by atoms with van der Waals surface area (Å²) in [7, 11) is 1.48. The summed E-state index contributed by atoms with van der Waals surface area (Å²) in [5.41, 5.74) is 2.69. The Balaban J connectivity index is 1.81. The van der Waals surface area contributed by atoms with E-state index in [-0.39, 0.29) is 30.3 Å². The van der Waals surface area contributed by atoms with Gasteiger partial charge in [-0.05, 0) is 24.1 Å². The predicted octanol–water partition coefficient (Wildman–Crippen LogP) is -0.289. The van der Waals surface area contributed by atoms with Crippen LogP contribution in [0.25, 0.3) is 11.2 Å². The Morgan fingerprint density at radius 1 is 1.33 bits per heavy atom. The molecule has 2 aromatic heterocycles. The van der Waals surface area contributed by atoms with E-state index in [9.17, 15) is 14.7 Å². The SMILES string of the molecule is CCc1ccc(OC[C@H](O)Cn2c(NN)nc3c2c(=O)[nH]c(=O)n3C)cc1. The number of ether oxygens (including phenoxy) is 1. The van der Waals surface area contributed by atoms with Gasteiger partial charge in [0.25, 0.3) is 5.56 Å². The van der Waals surface area contributed by atoms with Gasteiger partial charge in [0.1, 0.15) is 18.5 Å². The zero-order chi connectivity index (χ0) is 19.6. The van der Waals surface area contributed by atoms with Crippen LogP contribution >= 0.6 is 0 Å². The maximum atomic E-state index is 12.2. The van der Waals surface area contributed by atoms with Crippen LogP contribution in [0.1, 0.15) is 12.5 Å². The molecule has 3 aromatic rings. The first-order chi connectivity index (χ1) is 12.9. The lowest BCUT2D eigenvalue weighted by Gasteiger charge is -2.15. The van der Waals surface area contributed by atoms with Gasteiger partial charge in [-0.2, -0.15) is 4.98 Å². The zero-order valence-corrected chi connectivity index (χ0v) is 15.1. The lowest BCUT2D eigenvalue weighted by Crippen LogP contribution is -2.31. The third-order valence-corrected chi connectivity index (χ3v) is 4.30. The average Bonchev–Trinajstić information content (AvgIpc) is 3.04. The third-order valence-electron chi connectivity index (χ3n) is 4.30. The topological polar surface area (TPSA) is 140 Å². The highest BCUT2D eigenvalue weighted by molar-refractivity contribution is 5.74. The van der Waals surface area contributed by atoms with Crippen molar-refractivity contribution in [2.24, 2.45) is 12.9 Å². The number of nitrogens with one attached hydrogen (secondary N) is 2. The van der Waals surface area contributed by atoms with Crippen LogP contribution < -0.4 is 27.3 Å². The molecule has 0 aliphatic heterocycles. The van der Waals surface area contributed by atoms with Gasteiger partial charge in [-0.15, -0.1) is 0 Å². The normalized spacial score (nSPS) is 12.3. The van der Waals surface area contributed by atoms with Crippen LogP contribution in [0, 0.1) is 0 Å². The molecule has 0 radical (unpaired) electrons. The fraction of sp³-hybridized carbons (Fsp3) is 0.353. The molecule has 0 saturated carbocycles. The molecule has 0 amide bonds. The lowest BCUT2D eigenvalue weighted by atomic mass is 10.2. The summed E-state index contributed by atoms with van der Waals surface area (Å²) in [4.78, 5) is 30.3. The summed E-state index contributed by atoms with van der Waals surface area (Å²) in [6.07, 6.45) is -0.000287. The van der Waals surface area contributed by atoms with Gasteiger partial charge in [0.05, 0.1) is 6.54 Å². The molecule has 0 unspecified atom stereocenters. The van der Waals surface area contributed by atoms with Crippen LogP contribution in [0.2, 0.25) is 0 Å². The van der Waals surface area contributed by atoms with E-state index in [2.05, 4.69) is 22.3 Å². The minimum atomic E-state index is -0.933. The number of imidazole rings is 1. The number of anilines is 1. The Labute approximate surface area is 154 Å². The maximum absolute atomic E-state index is 12.2. The highest BCUT2D eigenvalue weighted by Crippen LogP contribution is 2.16. The molecule has 0 fully saturated rings. The van der Waals surface area contributed by atoms with Crippen LogP contribution in [0.5, 0.6) is 5.75 Å². The number of nitrogen functional groups attached to an aromatic ring is 1. The molecule has 0 aliphatic rings. The van der Waals surface area contributed by atoms with E-state index < -0.39 is 17.4 Å². The number of aryl methyl sites for hydroxylation is 2. The number of hydrogen-bond donors (Lipinski definition) is 4. The minimum absolute atomic E-state index is 0.00433. The Morgan fingerprint density at radius 3 is 2.67 bits per heavy atom. The molecule has 0 aliphatic carbocycles. The second-order valence-electron chi connectivity index (χ2n) is 6.14. The highest BCUT2D eigenvalue weighted by Gasteiger charge is 2.19. The molecule has 10 heteroatoms. The number of aromatic amines is 1. The molecule has 1 aromatic carbocycles. The first kappa shape index (κ1) is 18.7. The number of rotatable bonds is 7. The van der Waals surface area contributed by atoms with E-state index in [0.29, 0.717) is 5.75 Å². The third kappa shape index (κ3) is 3.71. The van der Waals surface area contributed by atoms with Gasteiger partial charge in [0.2, 0.25) is 5.95 Å². The van der Waals surface area contributed by atoms with Gasteiger partial charge >= 0.3 is 5.69 Å². The number of hydrogen-bond acceptors (Lipinski definition) is 7. The number of aliphatic hydroxyl groups is 1. The molecule has 3 rings (SSSR count). The summed E-state index contributed by atoms with van der Waals surface area (Å²) < 4.78 is 8.22. The molecular weight excluding hydrogens is 352 g/mol. The fourth-order valence-corrected chi connectivity index (χ4v) is 2.80. The number of fused-ring (bicyclic) bond motifs is 1. The van der Waals surface area contributed by atoms with Crippen LogP contribution in [0.4, 0.5) is 5.95 Å². The van der Waals surface area contributed by atoms with Crippen LogP contribution in [-0.4, -0.2) is 36.9 Å². The van der Waals surface area contributed by atoms with Crippen molar-refractivity contribution < 1.29 is 9.84 Å². The quantitative estimate of drug-likeness (QED) is 0.329. The molecular formula is C17H22N6O4. The minimum Gasteiger partial charge on any atom is -0.491 e. The first-order valence-electron chi connectivity index (χ1n) is 8.50. The highest BCUT2D eigenvalue weighted by atomic mass is 16.5. The number of aliphatic hydroxyl groups excluding tert-OH is 1. The molecule has 10 nitrogen and oxygen atoms in total. The van der Waals surface area contributed by atoms with E-state index in [1.807, 2.05) is 24.3 Å². The van der Waals surface area contributed by atoms with Gasteiger partial charge in [0.15, 0.2) is 11.2 Å². The van der Waals surface area contributed by atoms with Gasteiger partial charge in [-0.3, -0.25) is 19.8 Å². The number of nitrogens with zero attached hydrogens (tertiary/aromatic N) is 3. The number of nitrogens with two attached hydrogens (primary N) is 1. The van der Waals surface area contributed by atoms with Crippen molar-refractivity contribution in [3.63, 3.8) is 0 Å². The van der Waals surface area contributed by atoms with Crippen molar-refractivity contribution in [1.29, 1.82) is 0 Å². The summed E-state index contributed by atoms with van der Waals surface area (Å²) in [6, 6.07) is 7.60. The van der Waals surface area contributed by atoms with E-state index in [0.717, 1.165) is 6.42 Å². The molecule has 0 spiro atoms. The lowest BCUT2D eigenvalue weighted by molar-refractivity contribution is 0.0938. The van der Waals surface area contributed by atoms with Gasteiger partial charge in [-0.25, -0.2) is 10.6 Å². The molecule has 1 atom stereocenters. The molecule has 0 saturated heterocycles. The Hall–Kier alpha value is -3.11. The Kier molecular flexibility index (Phi) is 5.28. The number of benzene rings is 1. The predicted molar refractivity (Wildman–Crippen MR) is 101 cm³/mol. The molecule has 144 valence electrons. The Morgan fingerprint density at radius 2 is 2.04 bits per heavy atom. The second kappa shape index (κ2) is 7.64. The first-order valence-corrected chi connectivity index (χ1v) is 8.50. The van der Waals surface area contributed by atoms with E-state index in [4.69, 9.17) is 10.6 Å². The van der Waals surface area contributed by atoms with E-state index in [1.165, 1.54) is 21.7 Å². The van der Waals surface area contributed by atoms with E-state index in [1.54, 1.807) is 0 Å². The Bertz CT molecular complexity index is 1050. The van der Waals surface area contributed by atoms with Crippen molar-refractivity contribution in [1.82, 2.24) is 19.1 Å². The molecule has 27 heavy (non-hydrogen) atoms. The number of hydrazine groups is 1. The zero-order valence-electron chi connectivity index (χ0n) is 15.1. The standard InChI is InChI=1S/C17H22N6O4/c1-3-10-4-6-12(7-5-10)27-9-11(24)8-23-13-14(19-16(23)21-18)22(2)17(26)20-15(13)25/h4-7,11,24H,3,8-9,18H2,1-2H3,(H,19,21)(H,20,25,26)/t11-/m1/s1. The van der Waals surface area contributed by atoms with Crippen molar-refractivity contribution in [3.8, 4) is 5.75 Å². The van der Waals surface area contributed by atoms with Crippen molar-refractivity contribution in [3.05, 3.63) is 50.7 Å². The monoisotopic (exact) mass is 374 g/mol. The largest absolute Gasteiger partial charge is 0.491 e.